The SMILES string of the molecule is COC(=O)c1ccc(C)c(N=Cc2cc(OC)ccc2O)c1. The van der Waals surface area contributed by atoms with E-state index in [0.29, 0.717) is 22.6 Å². The monoisotopic (exact) mass is 299 g/mol. The Morgan fingerprint density at radius 3 is 2.64 bits per heavy atom. The number of nitrogens with zero attached hydrogens (tertiary/aromatic N) is 1. The zero-order valence-electron chi connectivity index (χ0n) is 12.7. The molecule has 1 N–H and O–H groups in total. The van der Waals surface area contributed by atoms with E-state index >= 15 is 0 Å². The summed E-state index contributed by atoms with van der Waals surface area (Å²) in [5, 5.41) is 9.84. The minimum absolute atomic E-state index is 0.103. The molecule has 0 fully saturated rings. The highest BCUT2D eigenvalue weighted by molar-refractivity contribution is 5.91. The fourth-order valence-electron chi connectivity index (χ4n) is 1.90. The molecule has 2 rings (SSSR count). The molecule has 22 heavy (non-hydrogen) atoms. The van der Waals surface area contributed by atoms with Crippen LogP contribution in [0.3, 0.4) is 0 Å². The summed E-state index contributed by atoms with van der Waals surface area (Å²) in [5.41, 5.74) is 2.49. The van der Waals surface area contributed by atoms with E-state index in [1.54, 1.807) is 37.4 Å². The normalized spacial score (nSPS) is 10.7. The van der Waals surface area contributed by atoms with Crippen molar-refractivity contribution in [1.29, 1.82) is 0 Å². The first-order chi connectivity index (χ1) is 10.5. The highest BCUT2D eigenvalue weighted by Gasteiger charge is 2.07. The molecule has 0 radical (unpaired) electrons. The van der Waals surface area contributed by atoms with E-state index in [1.807, 2.05) is 6.92 Å². The maximum Gasteiger partial charge on any atom is 0.337 e. The molecule has 5 heteroatoms. The van der Waals surface area contributed by atoms with Gasteiger partial charge in [0.05, 0.1) is 25.5 Å². The Hall–Kier alpha value is -2.82. The third kappa shape index (κ3) is 3.44. The molecule has 2 aromatic rings. The molecule has 0 saturated heterocycles. The summed E-state index contributed by atoms with van der Waals surface area (Å²) in [6, 6.07) is 10.0. The second-order valence-corrected chi connectivity index (χ2v) is 4.68. The van der Waals surface area contributed by atoms with Crippen molar-refractivity contribution in [3.05, 3.63) is 53.1 Å². The summed E-state index contributed by atoms with van der Waals surface area (Å²) >= 11 is 0. The average molecular weight is 299 g/mol. The van der Waals surface area contributed by atoms with Crippen LogP contribution in [0.5, 0.6) is 11.5 Å². The van der Waals surface area contributed by atoms with Gasteiger partial charge in [-0.3, -0.25) is 4.99 Å². The Labute approximate surface area is 128 Å². The molecule has 0 unspecified atom stereocenters. The lowest BCUT2D eigenvalue weighted by Gasteiger charge is -2.05. The van der Waals surface area contributed by atoms with Gasteiger partial charge in [0, 0.05) is 11.8 Å². The van der Waals surface area contributed by atoms with Gasteiger partial charge in [0.2, 0.25) is 0 Å². The van der Waals surface area contributed by atoms with Crippen LogP contribution in [-0.2, 0) is 4.74 Å². The van der Waals surface area contributed by atoms with Crippen LogP contribution in [0.4, 0.5) is 5.69 Å². The van der Waals surface area contributed by atoms with Gasteiger partial charge in [-0.1, -0.05) is 6.07 Å². The summed E-state index contributed by atoms with van der Waals surface area (Å²) in [7, 11) is 2.89. The highest BCUT2D eigenvalue weighted by atomic mass is 16.5. The Balaban J connectivity index is 2.35. The lowest BCUT2D eigenvalue weighted by Crippen LogP contribution is -2.00. The van der Waals surface area contributed by atoms with Gasteiger partial charge in [-0.05, 0) is 42.8 Å². The molecule has 0 bridgehead atoms. The van der Waals surface area contributed by atoms with Crippen LogP contribution >= 0.6 is 0 Å². The number of rotatable bonds is 4. The van der Waals surface area contributed by atoms with E-state index in [4.69, 9.17) is 9.47 Å². The molecule has 114 valence electrons. The van der Waals surface area contributed by atoms with Gasteiger partial charge in [0.1, 0.15) is 11.5 Å². The molecule has 0 heterocycles. The maximum atomic E-state index is 11.6. The summed E-state index contributed by atoms with van der Waals surface area (Å²) in [5.74, 6) is 0.311. The van der Waals surface area contributed by atoms with Gasteiger partial charge in [-0.15, -0.1) is 0 Å². The fourth-order valence-corrected chi connectivity index (χ4v) is 1.90. The minimum atomic E-state index is -0.416. The van der Waals surface area contributed by atoms with Crippen LogP contribution in [0.15, 0.2) is 41.4 Å². The number of ether oxygens (including phenoxy) is 2. The maximum absolute atomic E-state index is 11.6. The van der Waals surface area contributed by atoms with Crippen molar-refractivity contribution in [3.63, 3.8) is 0 Å². The molecule has 0 aromatic heterocycles. The van der Waals surface area contributed by atoms with E-state index < -0.39 is 5.97 Å². The molecule has 0 amide bonds. The molecule has 0 spiro atoms. The summed E-state index contributed by atoms with van der Waals surface area (Å²) in [4.78, 5) is 15.9. The molecule has 0 atom stereocenters. The molecule has 0 saturated carbocycles. The Kier molecular flexibility index (Phi) is 4.78. The van der Waals surface area contributed by atoms with Crippen molar-refractivity contribution in [2.75, 3.05) is 14.2 Å². The van der Waals surface area contributed by atoms with Gasteiger partial charge in [-0.25, -0.2) is 4.79 Å². The van der Waals surface area contributed by atoms with Gasteiger partial charge in [0.25, 0.3) is 0 Å². The number of aromatic hydroxyl groups is 1. The van der Waals surface area contributed by atoms with Crippen LogP contribution in [0.25, 0.3) is 0 Å². The van der Waals surface area contributed by atoms with E-state index in [-0.39, 0.29) is 5.75 Å². The van der Waals surface area contributed by atoms with Crippen LogP contribution in [0, 0.1) is 6.92 Å². The number of phenols is 1. The van der Waals surface area contributed by atoms with Gasteiger partial charge in [0.15, 0.2) is 0 Å². The highest BCUT2D eigenvalue weighted by Crippen LogP contribution is 2.24. The Bertz CT molecular complexity index is 723. The van der Waals surface area contributed by atoms with E-state index in [9.17, 15) is 9.90 Å². The van der Waals surface area contributed by atoms with Crippen molar-refractivity contribution in [2.45, 2.75) is 6.92 Å². The van der Waals surface area contributed by atoms with Crippen LogP contribution in [0.2, 0.25) is 0 Å². The van der Waals surface area contributed by atoms with Gasteiger partial charge < -0.3 is 14.6 Å². The van der Waals surface area contributed by atoms with Crippen molar-refractivity contribution in [1.82, 2.24) is 0 Å². The van der Waals surface area contributed by atoms with Gasteiger partial charge in [-0.2, -0.15) is 0 Å². The van der Waals surface area contributed by atoms with Crippen LogP contribution in [0.1, 0.15) is 21.5 Å². The van der Waals surface area contributed by atoms with Crippen LogP contribution in [-0.4, -0.2) is 31.5 Å². The zero-order valence-corrected chi connectivity index (χ0v) is 12.7. The molecule has 0 aliphatic carbocycles. The number of carbonyl (C=O) groups excluding carboxylic acids is 1. The molecular formula is C17H17NO4. The van der Waals surface area contributed by atoms with Crippen LogP contribution < -0.4 is 4.74 Å². The summed E-state index contributed by atoms with van der Waals surface area (Å²) in [6.45, 7) is 1.89. The van der Waals surface area contributed by atoms with Crippen molar-refractivity contribution in [2.24, 2.45) is 4.99 Å². The predicted molar refractivity (Wildman–Crippen MR) is 84.4 cm³/mol. The molecule has 2 aromatic carbocycles. The Morgan fingerprint density at radius 1 is 1.18 bits per heavy atom. The number of hydrogen-bond donors (Lipinski definition) is 1. The number of esters is 1. The number of aryl methyl sites for hydroxylation is 1. The van der Waals surface area contributed by atoms with Crippen molar-refractivity contribution >= 4 is 17.9 Å². The fraction of sp³-hybridized carbons (Fsp3) is 0.176. The van der Waals surface area contributed by atoms with E-state index in [1.165, 1.54) is 19.4 Å². The minimum Gasteiger partial charge on any atom is -0.507 e. The third-order valence-corrected chi connectivity index (χ3v) is 3.21. The second-order valence-electron chi connectivity index (χ2n) is 4.68. The number of phenolic OH excluding ortho intramolecular Hbond substituents is 1. The quantitative estimate of drug-likeness (QED) is 0.695. The third-order valence-electron chi connectivity index (χ3n) is 3.21. The standard InChI is InChI=1S/C17H17NO4/c1-11-4-5-12(17(20)22-3)9-15(11)18-10-13-8-14(21-2)6-7-16(13)19/h4-10,19H,1-3H3. The topological polar surface area (TPSA) is 68.1 Å². The predicted octanol–water partition coefficient (Wildman–Crippen LogP) is 3.25. The number of carbonyl (C=O) groups is 1. The lowest BCUT2D eigenvalue weighted by atomic mass is 10.1. The lowest BCUT2D eigenvalue weighted by molar-refractivity contribution is 0.0601. The van der Waals surface area contributed by atoms with E-state index in [2.05, 4.69) is 4.99 Å². The van der Waals surface area contributed by atoms with Gasteiger partial charge >= 0.3 is 5.97 Å². The molecule has 0 aliphatic rings. The van der Waals surface area contributed by atoms with Crippen molar-refractivity contribution in [3.8, 4) is 11.5 Å². The second kappa shape index (κ2) is 6.76. The van der Waals surface area contributed by atoms with E-state index in [0.717, 1.165) is 5.56 Å². The first kappa shape index (κ1) is 15.6. The number of aliphatic imine (C=N–C) groups is 1. The number of methoxy groups -OCH3 is 2. The summed E-state index contributed by atoms with van der Waals surface area (Å²) in [6.07, 6.45) is 1.53. The molecule has 5 nitrogen and oxygen atoms in total. The zero-order chi connectivity index (χ0) is 16.1. The molecular weight excluding hydrogens is 282 g/mol. The average Bonchev–Trinajstić information content (AvgIpc) is 2.54. The Morgan fingerprint density at radius 2 is 1.95 bits per heavy atom. The first-order valence-electron chi connectivity index (χ1n) is 6.65. The van der Waals surface area contributed by atoms with Crippen molar-refractivity contribution < 1.29 is 19.4 Å². The summed E-state index contributed by atoms with van der Waals surface area (Å²) < 4.78 is 9.81. The molecule has 0 aliphatic heterocycles. The first-order valence-corrected chi connectivity index (χ1v) is 6.65. The largest absolute Gasteiger partial charge is 0.507 e. The number of hydrogen-bond acceptors (Lipinski definition) is 5. The number of benzene rings is 2. The smallest absolute Gasteiger partial charge is 0.337 e.